The van der Waals surface area contributed by atoms with Gasteiger partial charge in [0.15, 0.2) is 0 Å². The van der Waals surface area contributed by atoms with Crippen molar-refractivity contribution in [2.45, 2.75) is 52.0 Å². The summed E-state index contributed by atoms with van der Waals surface area (Å²) in [7, 11) is 0. The van der Waals surface area contributed by atoms with Crippen LogP contribution in [0.2, 0.25) is 0 Å². The maximum atomic E-state index is 11.5. The van der Waals surface area contributed by atoms with E-state index in [4.69, 9.17) is 0 Å². The van der Waals surface area contributed by atoms with Gasteiger partial charge in [-0.2, -0.15) is 0 Å². The summed E-state index contributed by atoms with van der Waals surface area (Å²) in [5.41, 5.74) is 0. The van der Waals surface area contributed by atoms with Crippen molar-refractivity contribution in [2.75, 3.05) is 19.6 Å². The van der Waals surface area contributed by atoms with Crippen LogP contribution in [-0.2, 0) is 4.79 Å². The molecule has 1 aliphatic heterocycles. The Labute approximate surface area is 93.2 Å². The maximum absolute atomic E-state index is 11.5. The van der Waals surface area contributed by atoms with Crippen molar-refractivity contribution in [3.8, 4) is 0 Å². The Morgan fingerprint density at radius 1 is 1.47 bits per heavy atom. The predicted octanol–water partition coefficient (Wildman–Crippen LogP) is 1.78. The summed E-state index contributed by atoms with van der Waals surface area (Å²) >= 11 is 0. The molecule has 0 aromatic carbocycles. The normalized spacial score (nSPS) is 22.7. The lowest BCUT2D eigenvalue weighted by Crippen LogP contribution is -2.47. The van der Waals surface area contributed by atoms with Gasteiger partial charge in [-0.1, -0.05) is 20.3 Å². The van der Waals surface area contributed by atoms with Gasteiger partial charge in [-0.15, -0.1) is 0 Å². The first-order valence-electron chi connectivity index (χ1n) is 6.28. The lowest BCUT2D eigenvalue weighted by atomic mass is 10.1. The maximum Gasteiger partial charge on any atom is 0.220 e. The number of carbonyl (C=O) groups is 1. The number of amides is 1. The first kappa shape index (κ1) is 12.5. The van der Waals surface area contributed by atoms with E-state index < -0.39 is 0 Å². The third-order valence-electron chi connectivity index (χ3n) is 3.08. The summed E-state index contributed by atoms with van der Waals surface area (Å²) < 4.78 is 0. The number of rotatable bonds is 5. The van der Waals surface area contributed by atoms with Crippen LogP contribution >= 0.6 is 0 Å². The van der Waals surface area contributed by atoms with Crippen LogP contribution in [0.15, 0.2) is 0 Å². The van der Waals surface area contributed by atoms with E-state index >= 15 is 0 Å². The van der Waals surface area contributed by atoms with Gasteiger partial charge >= 0.3 is 0 Å². The second kappa shape index (κ2) is 6.83. The fourth-order valence-corrected chi connectivity index (χ4v) is 2.10. The summed E-state index contributed by atoms with van der Waals surface area (Å²) in [6.07, 6.45) is 5.16. The molecule has 3 heteroatoms. The highest BCUT2D eigenvalue weighted by Crippen LogP contribution is 2.09. The molecule has 1 heterocycles. The molecule has 1 atom stereocenters. The Kier molecular flexibility index (Phi) is 5.69. The summed E-state index contributed by atoms with van der Waals surface area (Å²) in [6.45, 7) is 7.63. The molecule has 15 heavy (non-hydrogen) atoms. The third kappa shape index (κ3) is 4.65. The van der Waals surface area contributed by atoms with Crippen LogP contribution < -0.4 is 5.32 Å². The monoisotopic (exact) mass is 212 g/mol. The fraction of sp³-hybridized carbons (Fsp3) is 0.917. The topological polar surface area (TPSA) is 32.3 Å². The minimum Gasteiger partial charge on any atom is -0.352 e. The van der Waals surface area contributed by atoms with Crippen molar-refractivity contribution in [1.29, 1.82) is 0 Å². The van der Waals surface area contributed by atoms with Gasteiger partial charge < -0.3 is 10.2 Å². The summed E-state index contributed by atoms with van der Waals surface area (Å²) in [6, 6.07) is 0.392. The number of carbonyl (C=O) groups excluding carboxylic acids is 1. The zero-order valence-electron chi connectivity index (χ0n) is 10.1. The minimum atomic E-state index is 0.236. The first-order valence-corrected chi connectivity index (χ1v) is 6.28. The number of nitrogens with zero attached hydrogens (tertiary/aromatic N) is 1. The van der Waals surface area contributed by atoms with E-state index in [1.165, 1.54) is 13.0 Å². The number of nitrogens with one attached hydrogen (secondary N) is 1. The minimum absolute atomic E-state index is 0.236. The van der Waals surface area contributed by atoms with E-state index in [9.17, 15) is 4.79 Å². The molecule has 0 spiro atoms. The predicted molar refractivity (Wildman–Crippen MR) is 62.8 cm³/mol. The van der Waals surface area contributed by atoms with Gasteiger partial charge in [-0.3, -0.25) is 4.79 Å². The average molecular weight is 212 g/mol. The van der Waals surface area contributed by atoms with E-state index in [-0.39, 0.29) is 5.91 Å². The Morgan fingerprint density at radius 2 is 2.27 bits per heavy atom. The zero-order chi connectivity index (χ0) is 11.1. The van der Waals surface area contributed by atoms with Crippen LogP contribution in [0, 0.1) is 0 Å². The first-order chi connectivity index (χ1) is 7.26. The van der Waals surface area contributed by atoms with Gasteiger partial charge in [0.05, 0.1) is 0 Å². The highest BCUT2D eigenvalue weighted by Gasteiger charge is 2.19. The number of hydrogen-bond donors (Lipinski definition) is 1. The van der Waals surface area contributed by atoms with Crippen molar-refractivity contribution in [2.24, 2.45) is 0 Å². The number of piperidine rings is 1. The highest BCUT2D eigenvalue weighted by atomic mass is 16.1. The van der Waals surface area contributed by atoms with E-state index in [2.05, 4.69) is 24.1 Å². The number of hydrogen-bond acceptors (Lipinski definition) is 2. The van der Waals surface area contributed by atoms with Gasteiger partial charge in [0.2, 0.25) is 5.91 Å². The van der Waals surface area contributed by atoms with Crippen LogP contribution in [0.1, 0.15) is 46.0 Å². The molecule has 0 radical (unpaired) electrons. The second-order valence-electron chi connectivity index (χ2n) is 4.40. The molecule has 1 amide bonds. The highest BCUT2D eigenvalue weighted by molar-refractivity contribution is 5.76. The van der Waals surface area contributed by atoms with E-state index in [0.29, 0.717) is 12.5 Å². The van der Waals surface area contributed by atoms with Crippen LogP contribution in [-0.4, -0.2) is 36.5 Å². The molecule has 88 valence electrons. The van der Waals surface area contributed by atoms with Crippen molar-refractivity contribution in [3.05, 3.63) is 0 Å². The third-order valence-corrected chi connectivity index (χ3v) is 3.08. The van der Waals surface area contributed by atoms with Gasteiger partial charge in [-0.25, -0.2) is 0 Å². The molecule has 1 saturated heterocycles. The van der Waals surface area contributed by atoms with E-state index in [1.807, 2.05) is 0 Å². The SMILES string of the molecule is CCCCC(=O)NC1CCCN(CC)C1. The van der Waals surface area contributed by atoms with Gasteiger partial charge in [0, 0.05) is 19.0 Å². The smallest absolute Gasteiger partial charge is 0.220 e. The van der Waals surface area contributed by atoms with Crippen molar-refractivity contribution in [1.82, 2.24) is 10.2 Å². The van der Waals surface area contributed by atoms with Gasteiger partial charge in [0.1, 0.15) is 0 Å². The lowest BCUT2D eigenvalue weighted by Gasteiger charge is -2.32. The van der Waals surface area contributed by atoms with Crippen LogP contribution in [0.3, 0.4) is 0 Å². The summed E-state index contributed by atoms with van der Waals surface area (Å²) in [5.74, 6) is 0.236. The molecule has 0 aromatic heterocycles. The van der Waals surface area contributed by atoms with Crippen LogP contribution in [0.25, 0.3) is 0 Å². The molecular formula is C12H24N2O. The molecule has 0 saturated carbocycles. The van der Waals surface area contributed by atoms with Crippen molar-refractivity contribution in [3.63, 3.8) is 0 Å². The molecule has 1 N–H and O–H groups in total. The average Bonchev–Trinajstić information content (AvgIpc) is 2.26. The Balaban J connectivity index is 2.22. The molecule has 1 rings (SSSR count). The Bertz CT molecular complexity index is 194. The summed E-state index contributed by atoms with van der Waals surface area (Å²) in [5, 5.41) is 3.14. The molecular weight excluding hydrogens is 188 g/mol. The van der Waals surface area contributed by atoms with E-state index in [1.54, 1.807) is 0 Å². The number of likely N-dealkylation sites (tertiary alicyclic amines) is 1. The number of likely N-dealkylation sites (N-methyl/N-ethyl adjacent to an activating group) is 1. The lowest BCUT2D eigenvalue weighted by molar-refractivity contribution is -0.122. The van der Waals surface area contributed by atoms with E-state index in [0.717, 1.165) is 32.4 Å². The van der Waals surface area contributed by atoms with Gasteiger partial charge in [-0.05, 0) is 32.4 Å². The van der Waals surface area contributed by atoms with Crippen molar-refractivity contribution >= 4 is 5.91 Å². The quantitative estimate of drug-likeness (QED) is 0.753. The zero-order valence-corrected chi connectivity index (χ0v) is 10.1. The van der Waals surface area contributed by atoms with Crippen molar-refractivity contribution < 1.29 is 4.79 Å². The molecule has 1 aliphatic rings. The van der Waals surface area contributed by atoms with Crippen LogP contribution in [0.4, 0.5) is 0 Å². The largest absolute Gasteiger partial charge is 0.352 e. The molecule has 0 bridgehead atoms. The Hall–Kier alpha value is -0.570. The molecule has 0 aliphatic carbocycles. The summed E-state index contributed by atoms with van der Waals surface area (Å²) in [4.78, 5) is 13.9. The van der Waals surface area contributed by atoms with Gasteiger partial charge in [0.25, 0.3) is 0 Å². The molecule has 1 fully saturated rings. The standard InChI is InChI=1S/C12H24N2O/c1-3-5-8-12(15)13-11-7-6-9-14(4-2)10-11/h11H,3-10H2,1-2H3,(H,13,15). The molecule has 0 aromatic rings. The number of unbranched alkanes of at least 4 members (excludes halogenated alkanes) is 1. The molecule has 3 nitrogen and oxygen atoms in total. The second-order valence-corrected chi connectivity index (χ2v) is 4.40. The molecule has 1 unspecified atom stereocenters. The van der Waals surface area contributed by atoms with Crippen LogP contribution in [0.5, 0.6) is 0 Å². The fourth-order valence-electron chi connectivity index (χ4n) is 2.10. The Morgan fingerprint density at radius 3 is 2.93 bits per heavy atom.